The number of imidazole rings is 1. The summed E-state index contributed by atoms with van der Waals surface area (Å²) < 4.78 is 7.91. The number of aromatic nitrogens is 2. The SMILES string of the molecule is CCOC(=O)C1=CN2C(CC1=O)c1c(Br)ncn1C[C@H]2C(C)(C)C. The summed E-state index contributed by atoms with van der Waals surface area (Å²) in [6, 6.07) is 0.0270. The van der Waals surface area contributed by atoms with Gasteiger partial charge in [0, 0.05) is 19.2 Å². The van der Waals surface area contributed by atoms with Gasteiger partial charge in [-0.25, -0.2) is 9.78 Å². The fraction of sp³-hybridized carbons (Fsp3) is 0.588. The lowest BCUT2D eigenvalue weighted by atomic mass is 9.81. The lowest BCUT2D eigenvalue weighted by Gasteiger charge is -2.49. The van der Waals surface area contributed by atoms with E-state index in [1.165, 1.54) is 0 Å². The van der Waals surface area contributed by atoms with Crippen molar-refractivity contribution in [1.29, 1.82) is 0 Å². The first-order chi connectivity index (χ1) is 11.2. The van der Waals surface area contributed by atoms with E-state index in [4.69, 9.17) is 4.74 Å². The molecule has 0 radical (unpaired) electrons. The first-order valence-electron chi connectivity index (χ1n) is 8.14. The van der Waals surface area contributed by atoms with Crippen LogP contribution in [0.15, 0.2) is 22.7 Å². The van der Waals surface area contributed by atoms with E-state index in [-0.39, 0.29) is 41.9 Å². The van der Waals surface area contributed by atoms with Gasteiger partial charge in [-0.05, 0) is 28.3 Å². The lowest BCUT2D eigenvalue weighted by Crippen LogP contribution is -2.52. The minimum atomic E-state index is -0.535. The number of ether oxygens (including phenoxy) is 1. The molecule has 2 aliphatic rings. The van der Waals surface area contributed by atoms with Crippen LogP contribution in [0.4, 0.5) is 0 Å². The molecular formula is C17H22BrN3O3. The molecule has 1 aromatic heterocycles. The average Bonchev–Trinajstić information content (AvgIpc) is 2.86. The van der Waals surface area contributed by atoms with Gasteiger partial charge in [-0.2, -0.15) is 0 Å². The second-order valence-electron chi connectivity index (χ2n) is 7.31. The first-order valence-corrected chi connectivity index (χ1v) is 8.93. The van der Waals surface area contributed by atoms with Crippen molar-refractivity contribution in [1.82, 2.24) is 14.5 Å². The highest BCUT2D eigenvalue weighted by Gasteiger charge is 2.44. The Morgan fingerprint density at radius 1 is 1.46 bits per heavy atom. The van der Waals surface area contributed by atoms with E-state index in [9.17, 15) is 9.59 Å². The summed E-state index contributed by atoms with van der Waals surface area (Å²) in [5, 5.41) is 0. The van der Waals surface area contributed by atoms with Crippen molar-refractivity contribution < 1.29 is 14.3 Å². The van der Waals surface area contributed by atoms with Crippen molar-refractivity contribution in [3.63, 3.8) is 0 Å². The maximum atomic E-state index is 12.5. The lowest BCUT2D eigenvalue weighted by molar-refractivity contribution is -0.141. The van der Waals surface area contributed by atoms with Crippen LogP contribution in [-0.2, 0) is 20.9 Å². The molecule has 1 aromatic rings. The number of carbonyl (C=O) groups excluding carboxylic acids is 2. The Morgan fingerprint density at radius 2 is 2.17 bits per heavy atom. The highest BCUT2D eigenvalue weighted by molar-refractivity contribution is 9.10. The average molecular weight is 396 g/mol. The van der Waals surface area contributed by atoms with Crippen LogP contribution in [0.25, 0.3) is 0 Å². The topological polar surface area (TPSA) is 64.4 Å². The van der Waals surface area contributed by atoms with Gasteiger partial charge in [0.15, 0.2) is 5.78 Å². The Balaban J connectivity index is 2.08. The minimum absolute atomic E-state index is 0.0245. The molecule has 3 rings (SSSR count). The van der Waals surface area contributed by atoms with E-state index in [1.54, 1.807) is 13.1 Å². The molecule has 0 saturated carbocycles. The van der Waals surface area contributed by atoms with Crippen LogP contribution in [0.2, 0.25) is 0 Å². The molecule has 3 heterocycles. The molecule has 0 aliphatic carbocycles. The Morgan fingerprint density at radius 3 is 2.79 bits per heavy atom. The van der Waals surface area contributed by atoms with Crippen LogP contribution in [0, 0.1) is 5.41 Å². The van der Waals surface area contributed by atoms with Gasteiger partial charge in [-0.3, -0.25) is 4.79 Å². The predicted molar refractivity (Wildman–Crippen MR) is 92.1 cm³/mol. The fourth-order valence-electron chi connectivity index (χ4n) is 3.47. The fourth-order valence-corrected chi connectivity index (χ4v) is 4.05. The van der Waals surface area contributed by atoms with Gasteiger partial charge in [-0.15, -0.1) is 0 Å². The number of rotatable bonds is 2. The molecule has 0 aromatic carbocycles. The number of hydrogen-bond donors (Lipinski definition) is 0. The number of Topliss-reactive ketones (excluding diaryl/α,β-unsaturated/α-hetero) is 1. The number of nitrogens with zero attached hydrogens (tertiary/aromatic N) is 3. The summed E-state index contributed by atoms with van der Waals surface area (Å²) in [5.41, 5.74) is 1.11. The summed E-state index contributed by atoms with van der Waals surface area (Å²) in [7, 11) is 0. The van der Waals surface area contributed by atoms with Crippen molar-refractivity contribution in [2.24, 2.45) is 5.41 Å². The molecule has 0 fully saturated rings. The molecule has 0 bridgehead atoms. The summed E-state index contributed by atoms with van der Waals surface area (Å²) in [6.45, 7) is 9.26. The molecule has 0 spiro atoms. The van der Waals surface area contributed by atoms with E-state index in [2.05, 4.69) is 51.2 Å². The number of halogens is 1. The molecule has 24 heavy (non-hydrogen) atoms. The quantitative estimate of drug-likeness (QED) is 0.568. The zero-order chi connectivity index (χ0) is 17.6. The van der Waals surface area contributed by atoms with Crippen LogP contribution >= 0.6 is 15.9 Å². The van der Waals surface area contributed by atoms with Crippen LogP contribution in [0.3, 0.4) is 0 Å². The normalized spacial score (nSPS) is 23.5. The molecule has 6 nitrogen and oxygen atoms in total. The number of fused-ring (bicyclic) bond motifs is 3. The first kappa shape index (κ1) is 17.2. The predicted octanol–water partition coefficient (Wildman–Crippen LogP) is 2.84. The van der Waals surface area contributed by atoms with Crippen LogP contribution in [0.5, 0.6) is 0 Å². The molecule has 130 valence electrons. The van der Waals surface area contributed by atoms with Crippen molar-refractivity contribution in [3.8, 4) is 0 Å². The largest absolute Gasteiger partial charge is 0.462 e. The Hall–Kier alpha value is -1.63. The standard InChI is InChI=1S/C17H22BrN3O3/c1-5-24-16(23)10-7-21-11(6-12(10)22)14-15(18)19-9-20(14)8-13(21)17(2,3)4/h7,9,11,13H,5-6,8H2,1-4H3/t11?,13-/m0/s1. The molecule has 1 unspecified atom stereocenters. The second kappa shape index (κ2) is 6.02. The monoisotopic (exact) mass is 395 g/mol. The zero-order valence-electron chi connectivity index (χ0n) is 14.4. The number of esters is 1. The minimum Gasteiger partial charge on any atom is -0.462 e. The van der Waals surface area contributed by atoms with Crippen molar-refractivity contribution in [2.45, 2.75) is 52.7 Å². The second-order valence-corrected chi connectivity index (χ2v) is 8.06. The maximum absolute atomic E-state index is 12.5. The molecular weight excluding hydrogens is 374 g/mol. The number of hydrogen-bond acceptors (Lipinski definition) is 5. The van der Waals surface area contributed by atoms with E-state index in [0.29, 0.717) is 0 Å². The van der Waals surface area contributed by atoms with Crippen LogP contribution in [-0.4, -0.2) is 38.9 Å². The summed E-state index contributed by atoms with van der Waals surface area (Å²) in [4.78, 5) is 31.2. The molecule has 2 atom stereocenters. The van der Waals surface area contributed by atoms with Gasteiger partial charge >= 0.3 is 5.97 Å². The summed E-state index contributed by atoms with van der Waals surface area (Å²) >= 11 is 3.49. The summed E-state index contributed by atoms with van der Waals surface area (Å²) in [6.07, 6.45) is 3.76. The third-order valence-corrected chi connectivity index (χ3v) is 5.30. The molecule has 7 heteroatoms. The highest BCUT2D eigenvalue weighted by atomic mass is 79.9. The van der Waals surface area contributed by atoms with Gasteiger partial charge in [0.25, 0.3) is 0 Å². The summed E-state index contributed by atoms with van der Waals surface area (Å²) in [5.74, 6) is -0.712. The van der Waals surface area contributed by atoms with Gasteiger partial charge < -0.3 is 14.2 Å². The Bertz CT molecular complexity index is 717. The maximum Gasteiger partial charge on any atom is 0.343 e. The van der Waals surface area contributed by atoms with Crippen molar-refractivity contribution >= 4 is 27.7 Å². The smallest absolute Gasteiger partial charge is 0.343 e. The van der Waals surface area contributed by atoms with Crippen molar-refractivity contribution in [3.05, 3.63) is 28.4 Å². The third kappa shape index (κ3) is 2.79. The molecule has 0 amide bonds. The van der Waals surface area contributed by atoms with E-state index in [0.717, 1.165) is 16.8 Å². The van der Waals surface area contributed by atoms with Gasteiger partial charge in [0.05, 0.1) is 30.7 Å². The van der Waals surface area contributed by atoms with Gasteiger partial charge in [0.2, 0.25) is 0 Å². The molecule has 0 N–H and O–H groups in total. The van der Waals surface area contributed by atoms with Crippen LogP contribution in [0.1, 0.15) is 45.9 Å². The third-order valence-electron chi connectivity index (χ3n) is 4.69. The van der Waals surface area contributed by atoms with E-state index >= 15 is 0 Å². The zero-order valence-corrected chi connectivity index (χ0v) is 16.0. The molecule has 2 aliphatic heterocycles. The Labute approximate surface area is 150 Å². The van der Waals surface area contributed by atoms with E-state index < -0.39 is 5.97 Å². The Kier molecular flexibility index (Phi) is 4.32. The van der Waals surface area contributed by atoms with Gasteiger partial charge in [-0.1, -0.05) is 20.8 Å². The molecule has 0 saturated heterocycles. The van der Waals surface area contributed by atoms with Crippen molar-refractivity contribution in [2.75, 3.05) is 6.61 Å². The van der Waals surface area contributed by atoms with Crippen LogP contribution < -0.4 is 0 Å². The highest BCUT2D eigenvalue weighted by Crippen LogP contribution is 2.43. The van der Waals surface area contributed by atoms with Gasteiger partial charge in [0.1, 0.15) is 10.2 Å². The number of ketones is 1. The van der Waals surface area contributed by atoms with E-state index in [1.807, 2.05) is 6.33 Å². The number of carbonyl (C=O) groups is 2.